The van der Waals surface area contributed by atoms with Gasteiger partial charge in [0.1, 0.15) is 11.5 Å². The van der Waals surface area contributed by atoms with E-state index in [4.69, 9.17) is 4.99 Å². The van der Waals surface area contributed by atoms with E-state index in [2.05, 4.69) is 51.8 Å². The van der Waals surface area contributed by atoms with Crippen molar-refractivity contribution in [1.29, 1.82) is 0 Å². The molecule has 0 spiro atoms. The first-order chi connectivity index (χ1) is 17.2. The highest BCUT2D eigenvalue weighted by molar-refractivity contribution is 6.15. The number of hydrogen-bond acceptors (Lipinski definition) is 5. The number of amidine groups is 1. The van der Waals surface area contributed by atoms with E-state index < -0.39 is 0 Å². The van der Waals surface area contributed by atoms with Crippen molar-refractivity contribution < 1.29 is 4.79 Å². The first-order valence-electron chi connectivity index (χ1n) is 11.7. The first-order valence-corrected chi connectivity index (χ1v) is 11.7. The highest BCUT2D eigenvalue weighted by Gasteiger charge is 2.31. The third-order valence-electron chi connectivity index (χ3n) is 6.15. The molecule has 7 heteroatoms. The zero-order valence-corrected chi connectivity index (χ0v) is 19.8. The molecule has 0 aliphatic carbocycles. The maximum Gasteiger partial charge on any atom is 0.278 e. The van der Waals surface area contributed by atoms with E-state index in [1.165, 1.54) is 0 Å². The minimum absolute atomic E-state index is 0.0404. The number of aromatic nitrogens is 4. The quantitative estimate of drug-likeness (QED) is 0.367. The molecule has 2 heterocycles. The lowest BCUT2D eigenvalue weighted by atomic mass is 9.98. The maximum absolute atomic E-state index is 13.4. The largest absolute Gasteiger partial charge is 0.290 e. The normalized spacial score (nSPS) is 14.9. The van der Waals surface area contributed by atoms with Gasteiger partial charge in [-0.1, -0.05) is 85.8 Å². The second-order valence-electron chi connectivity index (χ2n) is 8.49. The van der Waals surface area contributed by atoms with Crippen LogP contribution in [0, 0.1) is 0 Å². The Morgan fingerprint density at radius 3 is 2.31 bits per heavy atom. The molecule has 3 aromatic carbocycles. The average molecular weight is 463 g/mol. The van der Waals surface area contributed by atoms with E-state index in [9.17, 15) is 4.79 Å². The van der Waals surface area contributed by atoms with E-state index in [1.807, 2.05) is 66.4 Å². The lowest BCUT2D eigenvalue weighted by Gasteiger charge is -2.18. The molecule has 1 aliphatic rings. The molecule has 1 N–H and O–H groups in total. The van der Waals surface area contributed by atoms with Crippen LogP contribution in [0.5, 0.6) is 0 Å². The summed E-state index contributed by atoms with van der Waals surface area (Å²) in [5.74, 6) is 1.34. The lowest BCUT2D eigenvalue weighted by Crippen LogP contribution is -2.31. The molecule has 0 fully saturated rings. The monoisotopic (exact) mass is 462 g/mol. The van der Waals surface area contributed by atoms with Gasteiger partial charge in [-0.05, 0) is 46.4 Å². The summed E-state index contributed by atoms with van der Waals surface area (Å²) in [4.78, 5) is 20.0. The van der Waals surface area contributed by atoms with E-state index in [-0.39, 0.29) is 5.91 Å². The molecule has 0 saturated carbocycles. The van der Waals surface area contributed by atoms with Crippen LogP contribution in [0.15, 0.2) is 89.6 Å². The van der Waals surface area contributed by atoms with E-state index in [0.29, 0.717) is 18.1 Å². The van der Waals surface area contributed by atoms with Gasteiger partial charge < -0.3 is 0 Å². The van der Waals surface area contributed by atoms with E-state index in [1.54, 1.807) is 0 Å². The van der Waals surface area contributed by atoms with Crippen LogP contribution in [-0.2, 0) is 11.3 Å². The molecule has 174 valence electrons. The predicted octanol–water partition coefficient (Wildman–Crippen LogP) is 5.51. The number of nitrogens with zero attached hydrogens (tertiary/aromatic N) is 5. The number of allylic oxidation sites excluding steroid dienone is 1. The zero-order chi connectivity index (χ0) is 24.2. The molecule has 4 aromatic rings. The van der Waals surface area contributed by atoms with Crippen molar-refractivity contribution >= 4 is 17.3 Å². The summed E-state index contributed by atoms with van der Waals surface area (Å²) < 4.78 is 0. The molecule has 0 saturated heterocycles. The lowest BCUT2D eigenvalue weighted by molar-refractivity contribution is -0.123. The number of hydrogen-bond donors (Lipinski definition) is 1. The smallest absolute Gasteiger partial charge is 0.278 e. The van der Waals surface area contributed by atoms with Gasteiger partial charge in [0.25, 0.3) is 5.91 Å². The molecule has 1 aliphatic heterocycles. The molecule has 0 bridgehead atoms. The fourth-order valence-corrected chi connectivity index (χ4v) is 4.31. The standard InChI is InChI=1S/C28H26N6O/c1-3-9-25-29-26(19(2)21-10-5-4-6-11-21)28(35)34(25)18-20-14-16-22(17-15-20)23-12-7-8-13-24(23)27-30-32-33-31-27/h4-8,10-17H,3,9,18H2,1-2H3,(H,30,31,32,33)/b26-19-. The third-order valence-corrected chi connectivity index (χ3v) is 6.15. The number of carbonyl (C=O) groups excluding carboxylic acids is 1. The molecule has 1 amide bonds. The summed E-state index contributed by atoms with van der Waals surface area (Å²) in [6.07, 6.45) is 1.68. The number of amides is 1. The van der Waals surface area contributed by atoms with Crippen molar-refractivity contribution in [3.05, 3.63) is 95.7 Å². The molecule has 0 radical (unpaired) electrons. The van der Waals surface area contributed by atoms with Crippen molar-refractivity contribution in [1.82, 2.24) is 25.5 Å². The molecule has 5 rings (SSSR count). The average Bonchev–Trinajstić information content (AvgIpc) is 3.54. The Morgan fingerprint density at radius 1 is 0.914 bits per heavy atom. The Balaban J connectivity index is 1.41. The maximum atomic E-state index is 13.4. The summed E-state index contributed by atoms with van der Waals surface area (Å²) in [5, 5.41) is 14.5. The molecule has 7 nitrogen and oxygen atoms in total. The van der Waals surface area contributed by atoms with Crippen molar-refractivity contribution in [3.63, 3.8) is 0 Å². The Morgan fingerprint density at radius 2 is 1.63 bits per heavy atom. The van der Waals surface area contributed by atoms with Crippen LogP contribution in [0.3, 0.4) is 0 Å². The number of tetrazole rings is 1. The van der Waals surface area contributed by atoms with Gasteiger partial charge in [0.05, 0.1) is 6.54 Å². The zero-order valence-electron chi connectivity index (χ0n) is 19.8. The van der Waals surface area contributed by atoms with E-state index >= 15 is 0 Å². The van der Waals surface area contributed by atoms with Gasteiger partial charge >= 0.3 is 0 Å². The second kappa shape index (κ2) is 9.85. The van der Waals surface area contributed by atoms with Gasteiger partial charge in [0, 0.05) is 12.0 Å². The minimum Gasteiger partial charge on any atom is -0.290 e. The molecule has 0 unspecified atom stereocenters. The van der Waals surface area contributed by atoms with Gasteiger partial charge in [-0.25, -0.2) is 4.99 Å². The number of H-pyrrole nitrogens is 1. The number of rotatable bonds is 7. The Labute approximate surface area is 204 Å². The summed E-state index contributed by atoms with van der Waals surface area (Å²) in [6.45, 7) is 4.55. The predicted molar refractivity (Wildman–Crippen MR) is 137 cm³/mol. The Bertz CT molecular complexity index is 1390. The molecular formula is C28H26N6O. The first kappa shape index (κ1) is 22.4. The topological polar surface area (TPSA) is 87.1 Å². The molecule has 35 heavy (non-hydrogen) atoms. The van der Waals surface area contributed by atoms with Gasteiger partial charge in [0.15, 0.2) is 0 Å². The van der Waals surface area contributed by atoms with Gasteiger partial charge in [0.2, 0.25) is 5.82 Å². The number of aliphatic imine (C=N–C) groups is 1. The van der Waals surface area contributed by atoms with Gasteiger partial charge in [-0.2, -0.15) is 5.21 Å². The molecular weight excluding hydrogens is 436 g/mol. The van der Waals surface area contributed by atoms with Crippen LogP contribution in [0.25, 0.3) is 28.1 Å². The Hall–Kier alpha value is -4.39. The highest BCUT2D eigenvalue weighted by atomic mass is 16.2. The van der Waals surface area contributed by atoms with Crippen molar-refractivity contribution in [2.24, 2.45) is 4.99 Å². The fourth-order valence-electron chi connectivity index (χ4n) is 4.31. The number of nitrogens with one attached hydrogen (secondary N) is 1. The van der Waals surface area contributed by atoms with Crippen molar-refractivity contribution in [3.8, 4) is 22.5 Å². The Kier molecular flexibility index (Phi) is 6.30. The minimum atomic E-state index is -0.0404. The summed E-state index contributed by atoms with van der Waals surface area (Å²) in [5.41, 5.74) is 6.47. The SMILES string of the molecule is CCCC1=N/C(=C(/C)c2ccccc2)C(=O)N1Cc1ccc(-c2ccccc2-c2nn[nH]n2)cc1. The number of benzene rings is 3. The molecule has 1 aromatic heterocycles. The van der Waals surface area contributed by atoms with Crippen molar-refractivity contribution in [2.75, 3.05) is 0 Å². The second-order valence-corrected chi connectivity index (χ2v) is 8.49. The van der Waals surface area contributed by atoms with E-state index in [0.717, 1.165) is 52.1 Å². The summed E-state index contributed by atoms with van der Waals surface area (Å²) in [6, 6.07) is 26.2. The van der Waals surface area contributed by atoms with Gasteiger partial charge in [-0.3, -0.25) is 9.69 Å². The highest BCUT2D eigenvalue weighted by Crippen LogP contribution is 2.31. The van der Waals surface area contributed by atoms with Crippen LogP contribution in [0.4, 0.5) is 0 Å². The van der Waals surface area contributed by atoms with Crippen LogP contribution in [-0.4, -0.2) is 37.3 Å². The third kappa shape index (κ3) is 4.53. The number of aromatic amines is 1. The van der Waals surface area contributed by atoms with Crippen molar-refractivity contribution in [2.45, 2.75) is 33.2 Å². The summed E-state index contributed by atoms with van der Waals surface area (Å²) in [7, 11) is 0. The van der Waals surface area contributed by atoms with Crippen LogP contribution < -0.4 is 0 Å². The molecule has 0 atom stereocenters. The van der Waals surface area contributed by atoms with Gasteiger partial charge in [-0.15, -0.1) is 10.2 Å². The van der Waals surface area contributed by atoms with Crippen LogP contribution in [0.2, 0.25) is 0 Å². The number of carbonyl (C=O) groups is 1. The van der Waals surface area contributed by atoms with Crippen LogP contribution in [0.1, 0.15) is 37.8 Å². The fraction of sp³-hybridized carbons (Fsp3) is 0.179. The summed E-state index contributed by atoms with van der Waals surface area (Å²) >= 11 is 0. The van der Waals surface area contributed by atoms with Crippen LogP contribution >= 0.6 is 0 Å².